The monoisotopic (exact) mass is 531 g/mol. The van der Waals surface area contributed by atoms with Gasteiger partial charge in [-0.05, 0) is 38.3 Å². The van der Waals surface area contributed by atoms with Gasteiger partial charge in [-0.2, -0.15) is 0 Å². The van der Waals surface area contributed by atoms with Crippen LogP contribution in [0.2, 0.25) is 0 Å². The molecule has 38 heavy (non-hydrogen) atoms. The second-order valence-electron chi connectivity index (χ2n) is 10.4. The molecule has 198 valence electrons. The minimum absolute atomic E-state index is 0.369. The molecule has 0 amide bonds. The molecule has 2 saturated heterocycles. The van der Waals surface area contributed by atoms with Gasteiger partial charge in [0.2, 0.25) is 0 Å². The molecule has 0 atom stereocenters. The predicted molar refractivity (Wildman–Crippen MR) is 151 cm³/mol. The van der Waals surface area contributed by atoms with Gasteiger partial charge < -0.3 is 25.4 Å². The zero-order valence-corrected chi connectivity index (χ0v) is 22.6. The quantitative estimate of drug-likeness (QED) is 0.333. The topological polar surface area (TPSA) is 108 Å². The van der Waals surface area contributed by atoms with Crippen LogP contribution in [0, 0.1) is 0 Å². The van der Waals surface area contributed by atoms with E-state index in [0.29, 0.717) is 17.6 Å². The lowest BCUT2D eigenvalue weighted by Crippen LogP contribution is -2.44. The van der Waals surface area contributed by atoms with E-state index in [0.717, 1.165) is 90.1 Å². The number of anilines is 3. The smallest absolute Gasteiger partial charge is 0.153 e. The first-order chi connectivity index (χ1) is 18.4. The van der Waals surface area contributed by atoms with Crippen molar-refractivity contribution in [3.05, 3.63) is 54.0 Å². The zero-order valence-electron chi connectivity index (χ0n) is 21.8. The third-order valence-electron chi connectivity index (χ3n) is 7.15. The summed E-state index contributed by atoms with van der Waals surface area (Å²) in [7, 11) is 0. The fourth-order valence-electron chi connectivity index (χ4n) is 5.01. The Labute approximate surface area is 226 Å². The molecular weight excluding hydrogens is 498 g/mol. The number of hydrogen-bond donors (Lipinski definition) is 3. The Morgan fingerprint density at radius 3 is 2.66 bits per heavy atom. The van der Waals surface area contributed by atoms with Gasteiger partial charge in [-0.15, -0.1) is 11.3 Å². The highest BCUT2D eigenvalue weighted by Gasteiger charge is 2.25. The number of piperazine rings is 1. The van der Waals surface area contributed by atoms with E-state index in [4.69, 9.17) is 19.7 Å². The number of aromatic nitrogens is 4. The molecule has 1 aromatic carbocycles. The number of aliphatic hydroxyl groups is 1. The van der Waals surface area contributed by atoms with E-state index in [9.17, 15) is 5.11 Å². The summed E-state index contributed by atoms with van der Waals surface area (Å²) in [5.74, 6) is 2.69. The van der Waals surface area contributed by atoms with Crippen molar-refractivity contribution in [2.45, 2.75) is 38.2 Å². The Morgan fingerprint density at radius 1 is 1.05 bits per heavy atom. The van der Waals surface area contributed by atoms with Crippen LogP contribution >= 0.6 is 11.3 Å². The van der Waals surface area contributed by atoms with Gasteiger partial charge in [0.1, 0.15) is 10.8 Å². The molecule has 0 spiro atoms. The molecule has 0 bridgehead atoms. The van der Waals surface area contributed by atoms with Crippen LogP contribution in [-0.4, -0.2) is 64.4 Å². The molecule has 3 N–H and O–H groups in total. The lowest BCUT2D eigenvalue weighted by molar-refractivity contribution is 0.0786. The van der Waals surface area contributed by atoms with Crippen LogP contribution in [0.25, 0.3) is 20.8 Å². The molecule has 2 fully saturated rings. The summed E-state index contributed by atoms with van der Waals surface area (Å²) in [6.45, 7) is 8.83. The zero-order chi connectivity index (χ0) is 26.1. The molecule has 5 heterocycles. The number of fused-ring (bicyclic) bond motifs is 1. The maximum Gasteiger partial charge on any atom is 0.153 e. The van der Waals surface area contributed by atoms with Crippen molar-refractivity contribution in [2.24, 2.45) is 0 Å². The number of hydrogen-bond acceptors (Lipinski definition) is 10. The van der Waals surface area contributed by atoms with Gasteiger partial charge in [-0.3, -0.25) is 4.98 Å². The number of nitrogens with zero attached hydrogens (tertiary/aromatic N) is 5. The largest absolute Gasteiger partial charge is 0.386 e. The highest BCUT2D eigenvalue weighted by molar-refractivity contribution is 7.21. The molecular formula is C28H33N7O2S. The normalized spacial score (nSPS) is 17.2. The van der Waals surface area contributed by atoms with Crippen LogP contribution in [0.4, 0.5) is 17.5 Å². The van der Waals surface area contributed by atoms with Crippen LogP contribution < -0.4 is 15.5 Å². The molecule has 6 rings (SSSR count). The van der Waals surface area contributed by atoms with E-state index >= 15 is 0 Å². The Hall–Kier alpha value is -3.18. The van der Waals surface area contributed by atoms with Gasteiger partial charge in [0, 0.05) is 63.1 Å². The Morgan fingerprint density at radius 2 is 1.87 bits per heavy atom. The lowest BCUT2D eigenvalue weighted by atomic mass is 9.95. The molecule has 0 unspecified atom stereocenters. The van der Waals surface area contributed by atoms with Crippen molar-refractivity contribution in [3.8, 4) is 10.6 Å². The van der Waals surface area contributed by atoms with E-state index in [1.165, 1.54) is 0 Å². The minimum atomic E-state index is -0.907. The second-order valence-corrected chi connectivity index (χ2v) is 11.4. The second kappa shape index (κ2) is 10.5. The van der Waals surface area contributed by atoms with Crippen LogP contribution in [-0.2, 0) is 10.3 Å². The number of pyridine rings is 1. The first-order valence-electron chi connectivity index (χ1n) is 13.2. The molecule has 10 heteroatoms. The van der Waals surface area contributed by atoms with Crippen molar-refractivity contribution >= 4 is 39.0 Å². The fraction of sp³-hybridized carbons (Fsp3) is 0.429. The van der Waals surface area contributed by atoms with Gasteiger partial charge in [0.05, 0.1) is 27.7 Å². The molecule has 2 aliphatic rings. The molecule has 0 aliphatic carbocycles. The molecule has 0 radical (unpaired) electrons. The van der Waals surface area contributed by atoms with Crippen molar-refractivity contribution in [1.82, 2.24) is 25.3 Å². The van der Waals surface area contributed by atoms with Crippen molar-refractivity contribution in [3.63, 3.8) is 0 Å². The summed E-state index contributed by atoms with van der Waals surface area (Å²) in [4.78, 5) is 21.8. The Balaban J connectivity index is 1.28. The van der Waals surface area contributed by atoms with Crippen molar-refractivity contribution < 1.29 is 9.84 Å². The number of benzene rings is 1. The number of rotatable bonds is 6. The first kappa shape index (κ1) is 25.1. The maximum atomic E-state index is 10.4. The Bertz CT molecular complexity index is 1420. The highest BCUT2D eigenvalue weighted by Crippen LogP contribution is 2.35. The molecule has 3 aromatic heterocycles. The van der Waals surface area contributed by atoms with Crippen LogP contribution in [0.1, 0.15) is 43.9 Å². The van der Waals surface area contributed by atoms with E-state index in [1.54, 1.807) is 25.2 Å². The number of nitrogens with one attached hydrogen (secondary N) is 2. The van der Waals surface area contributed by atoms with Crippen LogP contribution in [0.3, 0.4) is 0 Å². The molecule has 9 nitrogen and oxygen atoms in total. The minimum Gasteiger partial charge on any atom is -0.386 e. The lowest BCUT2D eigenvalue weighted by Gasteiger charge is -2.32. The van der Waals surface area contributed by atoms with Crippen LogP contribution in [0.15, 0.2) is 42.7 Å². The standard InChI is InChI=1S/C28H33N7O2S/c1-28(2,36)20-5-3-4-19(14-20)27-32-21-15-23(30-16-22(21)38-27)33-24-17-31-25(18-6-12-37-13-7-18)26(34-24)35-10-8-29-9-11-35/h3-5,14-18,29,36H,6-13H2,1-2H3,(H,30,33,34). The third kappa shape index (κ3) is 5.35. The van der Waals surface area contributed by atoms with Gasteiger partial charge in [0.25, 0.3) is 0 Å². The summed E-state index contributed by atoms with van der Waals surface area (Å²) >= 11 is 1.59. The predicted octanol–water partition coefficient (Wildman–Crippen LogP) is 4.42. The highest BCUT2D eigenvalue weighted by atomic mass is 32.1. The average molecular weight is 532 g/mol. The molecule has 2 aliphatic heterocycles. The van der Waals surface area contributed by atoms with Gasteiger partial charge in [-0.25, -0.2) is 15.0 Å². The van der Waals surface area contributed by atoms with E-state index < -0.39 is 5.60 Å². The van der Waals surface area contributed by atoms with E-state index in [-0.39, 0.29) is 0 Å². The van der Waals surface area contributed by atoms with Crippen molar-refractivity contribution in [1.29, 1.82) is 0 Å². The van der Waals surface area contributed by atoms with E-state index in [2.05, 4.69) is 20.5 Å². The first-order valence-corrected chi connectivity index (χ1v) is 14.0. The third-order valence-corrected chi connectivity index (χ3v) is 8.21. The summed E-state index contributed by atoms with van der Waals surface area (Å²) < 4.78 is 6.59. The van der Waals surface area contributed by atoms with Gasteiger partial charge in [-0.1, -0.05) is 18.2 Å². The van der Waals surface area contributed by atoms with Crippen molar-refractivity contribution in [2.75, 3.05) is 49.6 Å². The van der Waals surface area contributed by atoms with Gasteiger partial charge in [0.15, 0.2) is 11.6 Å². The molecule has 0 saturated carbocycles. The fourth-order valence-corrected chi connectivity index (χ4v) is 5.92. The Kier molecular flexibility index (Phi) is 6.96. The number of thiazole rings is 1. The summed E-state index contributed by atoms with van der Waals surface area (Å²) in [6.07, 6.45) is 5.62. The summed E-state index contributed by atoms with van der Waals surface area (Å²) in [5, 5.41) is 18.1. The summed E-state index contributed by atoms with van der Waals surface area (Å²) in [6, 6.07) is 9.86. The average Bonchev–Trinajstić information content (AvgIpc) is 3.37. The summed E-state index contributed by atoms with van der Waals surface area (Å²) in [5.41, 5.74) is 2.87. The number of ether oxygens (including phenoxy) is 1. The molecule has 4 aromatic rings. The van der Waals surface area contributed by atoms with E-state index in [1.807, 2.05) is 42.7 Å². The SMILES string of the molecule is CC(C)(O)c1cccc(-c2nc3cc(Nc4cnc(C5CCOCC5)c(N5CCNCC5)n4)ncc3s2)c1. The van der Waals surface area contributed by atoms with Gasteiger partial charge >= 0.3 is 0 Å². The van der Waals surface area contributed by atoms with Crippen LogP contribution in [0.5, 0.6) is 0 Å². The maximum absolute atomic E-state index is 10.4.